The van der Waals surface area contributed by atoms with Crippen LogP contribution in [0.3, 0.4) is 0 Å². The summed E-state index contributed by atoms with van der Waals surface area (Å²) in [4.78, 5) is 0. The monoisotopic (exact) mass is 534 g/mol. The summed E-state index contributed by atoms with van der Waals surface area (Å²) in [7, 11) is 0. The SMILES string of the molecule is Cc1cc(C(O)C(C)(C)CCCCl)cc2c1OC1OC2Oc2c(C)cc(C3OC3(C)CCCCl)cc21. The topological polar surface area (TPSA) is 60.5 Å². The number of alkyl halides is 2. The van der Waals surface area contributed by atoms with Gasteiger partial charge in [0.15, 0.2) is 0 Å². The molecule has 5 rings (SSSR count). The molecule has 196 valence electrons. The van der Waals surface area contributed by atoms with Gasteiger partial charge in [-0.25, -0.2) is 0 Å². The largest absolute Gasteiger partial charge is 0.459 e. The number of ether oxygens (including phenoxy) is 4. The van der Waals surface area contributed by atoms with E-state index in [0.29, 0.717) is 11.8 Å². The molecular formula is C29H36Cl2O5. The van der Waals surface area contributed by atoms with Crippen molar-refractivity contribution in [3.8, 4) is 11.5 Å². The molecule has 3 heterocycles. The molecule has 36 heavy (non-hydrogen) atoms. The molecule has 0 radical (unpaired) electrons. The minimum atomic E-state index is -0.644. The number of aliphatic hydroxyl groups excluding tert-OH is 1. The Kier molecular flexibility index (Phi) is 7.01. The van der Waals surface area contributed by atoms with Crippen molar-refractivity contribution in [2.45, 2.75) is 90.7 Å². The van der Waals surface area contributed by atoms with Gasteiger partial charge in [-0.15, -0.1) is 23.2 Å². The Labute approximate surface area is 224 Å². The number of fused-ring (bicyclic) bond motifs is 6. The molecule has 5 atom stereocenters. The first-order valence-electron chi connectivity index (χ1n) is 12.8. The molecule has 2 aromatic carbocycles. The van der Waals surface area contributed by atoms with Gasteiger partial charge >= 0.3 is 0 Å². The molecule has 1 fully saturated rings. The van der Waals surface area contributed by atoms with Crippen molar-refractivity contribution in [1.82, 2.24) is 0 Å². The Morgan fingerprint density at radius 3 is 2.19 bits per heavy atom. The van der Waals surface area contributed by atoms with Crippen molar-refractivity contribution < 1.29 is 24.1 Å². The van der Waals surface area contributed by atoms with Gasteiger partial charge in [-0.1, -0.05) is 13.8 Å². The number of aryl methyl sites for hydroxylation is 2. The van der Waals surface area contributed by atoms with E-state index in [2.05, 4.69) is 32.9 Å². The van der Waals surface area contributed by atoms with Crippen LogP contribution in [0.15, 0.2) is 24.3 Å². The van der Waals surface area contributed by atoms with Crippen LogP contribution in [-0.2, 0) is 9.47 Å². The van der Waals surface area contributed by atoms with Gasteiger partial charge in [0.2, 0.25) is 12.6 Å². The quantitative estimate of drug-likeness (QED) is 0.263. The second-order valence-corrected chi connectivity index (χ2v) is 12.1. The smallest absolute Gasteiger partial charge is 0.233 e. The van der Waals surface area contributed by atoms with Gasteiger partial charge < -0.3 is 19.3 Å². The molecule has 0 amide bonds. The van der Waals surface area contributed by atoms with Gasteiger partial charge in [0.1, 0.15) is 17.6 Å². The Hall–Kier alpha value is -1.50. The molecule has 0 spiro atoms. The van der Waals surface area contributed by atoms with E-state index in [0.717, 1.165) is 70.6 Å². The maximum atomic E-state index is 11.2. The average Bonchev–Trinajstić information content (AvgIpc) is 3.53. The Morgan fingerprint density at radius 2 is 1.56 bits per heavy atom. The number of hydrogen-bond acceptors (Lipinski definition) is 5. The molecule has 1 N–H and O–H groups in total. The number of halogens is 2. The summed E-state index contributed by atoms with van der Waals surface area (Å²) in [5, 5.41) is 11.2. The summed E-state index contributed by atoms with van der Waals surface area (Å²) in [6, 6.07) is 8.21. The highest BCUT2D eigenvalue weighted by Gasteiger charge is 2.53. The van der Waals surface area contributed by atoms with Gasteiger partial charge in [0.05, 0.1) is 22.8 Å². The van der Waals surface area contributed by atoms with E-state index in [9.17, 15) is 5.11 Å². The van der Waals surface area contributed by atoms with Crippen molar-refractivity contribution in [1.29, 1.82) is 0 Å². The van der Waals surface area contributed by atoms with Crippen molar-refractivity contribution in [3.63, 3.8) is 0 Å². The summed E-state index contributed by atoms with van der Waals surface area (Å²) in [6.07, 6.45) is 1.76. The van der Waals surface area contributed by atoms with Crippen LogP contribution in [-0.4, -0.2) is 22.5 Å². The van der Waals surface area contributed by atoms with Crippen molar-refractivity contribution in [2.75, 3.05) is 11.8 Å². The number of aliphatic hydroxyl groups is 1. The standard InChI is InChI=1S/C29H36Cl2O5/c1-16-12-18(24(32)28(3,4)8-6-10-30)14-20-22(16)33-27-21-15-19(25-29(5,36-25)9-7-11-31)13-17(2)23(21)34-26(20)35-27/h12-15,24-27,32H,6-11H2,1-5H3. The van der Waals surface area contributed by atoms with Crippen LogP contribution in [0.1, 0.15) is 105 Å². The highest BCUT2D eigenvalue weighted by molar-refractivity contribution is 6.18. The number of benzene rings is 2. The molecular weight excluding hydrogens is 499 g/mol. The third-order valence-corrected chi connectivity index (χ3v) is 8.40. The fourth-order valence-corrected chi connectivity index (χ4v) is 5.94. The maximum Gasteiger partial charge on any atom is 0.233 e. The van der Waals surface area contributed by atoms with Gasteiger partial charge in [0, 0.05) is 11.8 Å². The Bertz CT molecular complexity index is 1150. The van der Waals surface area contributed by atoms with Crippen LogP contribution in [0, 0.1) is 19.3 Å². The van der Waals surface area contributed by atoms with Crippen LogP contribution in [0.5, 0.6) is 11.5 Å². The average molecular weight is 536 g/mol. The maximum absolute atomic E-state index is 11.2. The lowest BCUT2D eigenvalue weighted by molar-refractivity contribution is -0.228. The number of epoxide rings is 1. The zero-order chi connectivity index (χ0) is 25.8. The predicted molar refractivity (Wildman–Crippen MR) is 141 cm³/mol. The first-order valence-corrected chi connectivity index (χ1v) is 13.9. The highest BCUT2D eigenvalue weighted by Crippen LogP contribution is 2.56. The van der Waals surface area contributed by atoms with Gasteiger partial charge in [-0.05, 0) is 98.4 Å². The molecule has 0 saturated carbocycles. The van der Waals surface area contributed by atoms with E-state index in [1.54, 1.807) is 0 Å². The molecule has 3 aliphatic rings. The van der Waals surface area contributed by atoms with E-state index in [1.165, 1.54) is 0 Å². The van der Waals surface area contributed by atoms with Gasteiger partial charge in [-0.3, -0.25) is 4.74 Å². The van der Waals surface area contributed by atoms with E-state index >= 15 is 0 Å². The molecule has 2 bridgehead atoms. The molecule has 7 heteroatoms. The van der Waals surface area contributed by atoms with E-state index < -0.39 is 18.7 Å². The molecule has 2 aromatic rings. The molecule has 3 aliphatic heterocycles. The molecule has 5 nitrogen and oxygen atoms in total. The molecule has 5 unspecified atom stereocenters. The fourth-order valence-electron chi connectivity index (χ4n) is 5.67. The first-order chi connectivity index (χ1) is 17.1. The zero-order valence-electron chi connectivity index (χ0n) is 21.7. The third-order valence-electron chi connectivity index (χ3n) is 7.86. The minimum Gasteiger partial charge on any atom is -0.459 e. The number of rotatable bonds is 9. The number of hydrogen-bond donors (Lipinski definition) is 1. The van der Waals surface area contributed by atoms with E-state index in [4.69, 9.17) is 42.1 Å². The van der Waals surface area contributed by atoms with Crippen molar-refractivity contribution >= 4 is 23.2 Å². The summed E-state index contributed by atoms with van der Waals surface area (Å²) in [6.45, 7) is 10.3. The molecule has 0 aliphatic carbocycles. The Morgan fingerprint density at radius 1 is 0.944 bits per heavy atom. The lowest BCUT2D eigenvalue weighted by Crippen LogP contribution is -2.31. The Balaban J connectivity index is 1.43. The van der Waals surface area contributed by atoms with Gasteiger partial charge in [-0.2, -0.15) is 0 Å². The van der Waals surface area contributed by atoms with Crippen LogP contribution in [0.25, 0.3) is 0 Å². The van der Waals surface area contributed by atoms with Crippen molar-refractivity contribution in [2.24, 2.45) is 5.41 Å². The first kappa shape index (κ1) is 26.1. The predicted octanol–water partition coefficient (Wildman–Crippen LogP) is 7.73. The third kappa shape index (κ3) is 4.63. The van der Waals surface area contributed by atoms with Gasteiger partial charge in [0.25, 0.3) is 0 Å². The van der Waals surface area contributed by atoms with Crippen LogP contribution >= 0.6 is 23.2 Å². The molecule has 0 aromatic heterocycles. The second kappa shape index (κ2) is 9.67. The van der Waals surface area contributed by atoms with Crippen LogP contribution < -0.4 is 9.47 Å². The minimum absolute atomic E-state index is 0.0336. The van der Waals surface area contributed by atoms with E-state index in [-0.39, 0.29) is 17.1 Å². The summed E-state index contributed by atoms with van der Waals surface area (Å²) < 4.78 is 25.2. The summed E-state index contributed by atoms with van der Waals surface area (Å²) in [5.41, 5.74) is 5.11. The summed E-state index contributed by atoms with van der Waals surface area (Å²) in [5.74, 6) is 2.77. The summed E-state index contributed by atoms with van der Waals surface area (Å²) >= 11 is 11.8. The van der Waals surface area contributed by atoms with Crippen LogP contribution in [0.2, 0.25) is 0 Å². The lowest BCUT2D eigenvalue weighted by Gasteiger charge is -2.40. The second-order valence-electron chi connectivity index (χ2n) is 11.3. The molecule has 1 saturated heterocycles. The van der Waals surface area contributed by atoms with Crippen molar-refractivity contribution in [3.05, 3.63) is 57.6 Å². The highest BCUT2D eigenvalue weighted by atomic mass is 35.5. The lowest BCUT2D eigenvalue weighted by atomic mass is 9.78. The fraction of sp³-hybridized carbons (Fsp3) is 0.586. The van der Waals surface area contributed by atoms with E-state index in [1.807, 2.05) is 26.0 Å². The zero-order valence-corrected chi connectivity index (χ0v) is 23.2. The van der Waals surface area contributed by atoms with Crippen LogP contribution in [0.4, 0.5) is 0 Å². The normalized spacial score (nSPS) is 26.9.